The van der Waals surface area contributed by atoms with Crippen LogP contribution in [0.2, 0.25) is 0 Å². The van der Waals surface area contributed by atoms with Gasteiger partial charge in [0, 0.05) is 0 Å². The maximum atomic E-state index is 2.49. The molecule has 2 rings (SSSR count). The smallest absolute Gasteiger partial charge is 0.0267 e. The van der Waals surface area contributed by atoms with Gasteiger partial charge in [0.15, 0.2) is 0 Å². The Bertz CT molecular complexity index is 206. The molecule has 2 aliphatic rings. The molecule has 2 aliphatic carbocycles. The van der Waals surface area contributed by atoms with Gasteiger partial charge in [0.25, 0.3) is 0 Å². The van der Waals surface area contributed by atoms with Crippen LogP contribution < -0.4 is 0 Å². The van der Waals surface area contributed by atoms with Crippen molar-refractivity contribution >= 4 is 0 Å². The molecule has 0 aliphatic heterocycles. The molecule has 0 saturated heterocycles. The van der Waals surface area contributed by atoms with Crippen molar-refractivity contribution in [1.82, 2.24) is 0 Å². The van der Waals surface area contributed by atoms with E-state index in [1.165, 1.54) is 51.4 Å². The van der Waals surface area contributed by atoms with Crippen molar-refractivity contribution in [3.63, 3.8) is 0 Å². The predicted octanol–water partition coefficient (Wildman–Crippen LogP) is 5.95. The molecule has 0 bridgehead atoms. The van der Waals surface area contributed by atoms with E-state index in [2.05, 4.69) is 13.8 Å². The third-order valence-electron chi connectivity index (χ3n) is 5.77. The lowest BCUT2D eigenvalue weighted by molar-refractivity contribution is 0.0414. The lowest BCUT2D eigenvalue weighted by Gasteiger charge is -2.47. The van der Waals surface area contributed by atoms with Gasteiger partial charge < -0.3 is 0 Å². The molecule has 1 unspecified atom stereocenters. The van der Waals surface area contributed by atoms with Gasteiger partial charge in [-0.2, -0.15) is 0 Å². The van der Waals surface area contributed by atoms with Crippen LogP contribution >= 0.6 is 0 Å². The van der Waals surface area contributed by atoms with E-state index in [4.69, 9.17) is 0 Å². The Morgan fingerprint density at radius 3 is 2.12 bits per heavy atom. The summed E-state index contributed by atoms with van der Waals surface area (Å²) in [4.78, 5) is 0. The Morgan fingerprint density at radius 1 is 0.941 bits per heavy atom. The summed E-state index contributed by atoms with van der Waals surface area (Å²) in [6, 6.07) is 0. The van der Waals surface area contributed by atoms with Crippen molar-refractivity contribution in [3.8, 4) is 0 Å². The lowest BCUT2D eigenvalue weighted by Crippen LogP contribution is -2.36. The maximum Gasteiger partial charge on any atom is -0.0267 e. The molecule has 0 aromatic rings. The summed E-state index contributed by atoms with van der Waals surface area (Å²) in [5, 5.41) is 0. The summed E-state index contributed by atoms with van der Waals surface area (Å²) in [6.07, 6.45) is 18.2. The minimum Gasteiger partial charge on any atom is -0.0651 e. The normalized spacial score (nSPS) is 27.9. The molecule has 0 radical (unpaired) electrons. The Balaban J connectivity index is 2.04. The van der Waals surface area contributed by atoms with Crippen LogP contribution in [0.5, 0.6) is 0 Å². The highest BCUT2D eigenvalue weighted by molar-refractivity contribution is 4.91. The highest BCUT2D eigenvalue weighted by atomic mass is 14.4. The van der Waals surface area contributed by atoms with E-state index in [-0.39, 0.29) is 0 Å². The number of rotatable bonds is 4. The van der Waals surface area contributed by atoms with Crippen LogP contribution in [0.4, 0.5) is 0 Å². The van der Waals surface area contributed by atoms with Crippen LogP contribution in [-0.2, 0) is 0 Å². The first-order valence-electron chi connectivity index (χ1n) is 8.27. The lowest BCUT2D eigenvalue weighted by atomic mass is 9.58. The summed E-state index contributed by atoms with van der Waals surface area (Å²) >= 11 is 0. The van der Waals surface area contributed by atoms with Crippen LogP contribution in [0, 0.1) is 17.3 Å². The molecule has 17 heavy (non-hydrogen) atoms. The van der Waals surface area contributed by atoms with Crippen molar-refractivity contribution in [1.29, 1.82) is 0 Å². The molecule has 0 aromatic heterocycles. The summed E-state index contributed by atoms with van der Waals surface area (Å²) < 4.78 is 0. The first kappa shape index (κ1) is 13.4. The number of hydrogen-bond acceptors (Lipinski definition) is 0. The number of hydrogen-bond donors (Lipinski definition) is 0. The molecule has 2 fully saturated rings. The van der Waals surface area contributed by atoms with Gasteiger partial charge in [-0.15, -0.1) is 0 Å². The van der Waals surface area contributed by atoms with Crippen LogP contribution in [0.15, 0.2) is 0 Å². The van der Waals surface area contributed by atoms with Crippen LogP contribution in [-0.4, -0.2) is 0 Å². The van der Waals surface area contributed by atoms with E-state index in [0.717, 1.165) is 17.3 Å². The molecule has 2 saturated carbocycles. The maximum absolute atomic E-state index is 2.49. The molecule has 0 nitrogen and oxygen atoms in total. The van der Waals surface area contributed by atoms with Gasteiger partial charge in [-0.1, -0.05) is 58.8 Å². The molecule has 0 amide bonds. The average molecular weight is 236 g/mol. The molecular weight excluding hydrogens is 204 g/mol. The van der Waals surface area contributed by atoms with Gasteiger partial charge in [-0.3, -0.25) is 0 Å². The Kier molecular flexibility index (Phi) is 4.94. The van der Waals surface area contributed by atoms with E-state index in [0.29, 0.717) is 0 Å². The first-order valence-corrected chi connectivity index (χ1v) is 8.27. The van der Waals surface area contributed by atoms with Gasteiger partial charge in [0.2, 0.25) is 0 Å². The third-order valence-corrected chi connectivity index (χ3v) is 5.77. The molecule has 0 spiro atoms. The Morgan fingerprint density at radius 2 is 1.53 bits per heavy atom. The van der Waals surface area contributed by atoms with Gasteiger partial charge in [-0.05, 0) is 49.4 Å². The van der Waals surface area contributed by atoms with Crippen molar-refractivity contribution in [2.45, 2.75) is 90.9 Å². The van der Waals surface area contributed by atoms with Gasteiger partial charge in [-0.25, -0.2) is 0 Å². The summed E-state index contributed by atoms with van der Waals surface area (Å²) in [5.74, 6) is 2.04. The van der Waals surface area contributed by atoms with Crippen molar-refractivity contribution in [2.75, 3.05) is 0 Å². The van der Waals surface area contributed by atoms with Crippen LogP contribution in [0.3, 0.4) is 0 Å². The van der Waals surface area contributed by atoms with Crippen LogP contribution in [0.25, 0.3) is 0 Å². The monoisotopic (exact) mass is 236 g/mol. The summed E-state index contributed by atoms with van der Waals surface area (Å²) in [7, 11) is 0. The predicted molar refractivity (Wildman–Crippen MR) is 76.2 cm³/mol. The minimum absolute atomic E-state index is 0.772. The fraction of sp³-hybridized carbons (Fsp3) is 1.00. The van der Waals surface area contributed by atoms with Gasteiger partial charge in [0.1, 0.15) is 0 Å². The van der Waals surface area contributed by atoms with E-state index in [9.17, 15) is 0 Å². The summed E-state index contributed by atoms with van der Waals surface area (Å²) in [6.45, 7) is 4.86. The first-order chi connectivity index (χ1) is 8.27. The summed E-state index contributed by atoms with van der Waals surface area (Å²) in [5.41, 5.74) is 0.772. The molecule has 0 N–H and O–H groups in total. The van der Waals surface area contributed by atoms with E-state index in [1.807, 2.05) is 0 Å². The SMILES string of the molecule is CCC(C)CC1(C2CCCCC2)CCCCC1. The largest absolute Gasteiger partial charge is 0.0651 e. The second kappa shape index (κ2) is 6.25. The molecular formula is C17H32. The topological polar surface area (TPSA) is 0 Å². The third kappa shape index (κ3) is 3.26. The van der Waals surface area contributed by atoms with E-state index in [1.54, 1.807) is 25.7 Å². The fourth-order valence-electron chi connectivity index (χ4n) is 4.59. The zero-order valence-corrected chi connectivity index (χ0v) is 12.1. The standard InChI is InChI=1S/C17H32/c1-3-15(2)14-17(12-8-5-9-13-17)16-10-6-4-7-11-16/h15-16H,3-14H2,1-2H3. The quantitative estimate of drug-likeness (QED) is 0.565. The molecule has 0 aromatic carbocycles. The Labute approximate surface area is 109 Å². The van der Waals surface area contributed by atoms with Gasteiger partial charge in [0.05, 0.1) is 0 Å². The molecule has 0 heteroatoms. The van der Waals surface area contributed by atoms with Crippen LogP contribution in [0.1, 0.15) is 90.9 Å². The molecule has 0 heterocycles. The Hall–Kier alpha value is 0. The molecule has 1 atom stereocenters. The van der Waals surface area contributed by atoms with Gasteiger partial charge >= 0.3 is 0 Å². The highest BCUT2D eigenvalue weighted by Gasteiger charge is 2.40. The zero-order valence-electron chi connectivity index (χ0n) is 12.1. The van der Waals surface area contributed by atoms with Crippen molar-refractivity contribution in [2.24, 2.45) is 17.3 Å². The second-order valence-corrected chi connectivity index (χ2v) is 6.98. The zero-order chi connectivity index (χ0) is 12.1. The van der Waals surface area contributed by atoms with E-state index >= 15 is 0 Å². The second-order valence-electron chi connectivity index (χ2n) is 6.98. The molecule has 100 valence electrons. The van der Waals surface area contributed by atoms with Crippen molar-refractivity contribution in [3.05, 3.63) is 0 Å². The minimum atomic E-state index is 0.772. The van der Waals surface area contributed by atoms with Crippen molar-refractivity contribution < 1.29 is 0 Å². The highest BCUT2D eigenvalue weighted by Crippen LogP contribution is 2.52. The fourth-order valence-corrected chi connectivity index (χ4v) is 4.59. The van der Waals surface area contributed by atoms with E-state index < -0.39 is 0 Å². The average Bonchev–Trinajstić information content (AvgIpc) is 2.40.